The normalized spacial score (nSPS) is 19.8. The van der Waals surface area contributed by atoms with Crippen molar-refractivity contribution in [2.24, 2.45) is 0 Å². The molecule has 2 rings (SSSR count). The summed E-state index contributed by atoms with van der Waals surface area (Å²) < 4.78 is 12.9. The first-order chi connectivity index (χ1) is 7.08. The van der Waals surface area contributed by atoms with Crippen LogP contribution in [0.3, 0.4) is 0 Å². The van der Waals surface area contributed by atoms with Gasteiger partial charge in [-0.25, -0.2) is 4.39 Å². The number of carbonyl (C=O) groups excluding carboxylic acids is 1. The van der Waals surface area contributed by atoms with Gasteiger partial charge < -0.3 is 5.11 Å². The molecule has 0 aromatic heterocycles. The Morgan fingerprint density at radius 1 is 1.53 bits per heavy atom. The SMILES string of the molecule is O=C1C[C@@H](C(=O)O)Sc2cc(F)ccc21. The Morgan fingerprint density at radius 2 is 2.27 bits per heavy atom. The first-order valence-electron chi connectivity index (χ1n) is 4.30. The smallest absolute Gasteiger partial charge is 0.317 e. The Hall–Kier alpha value is -1.36. The molecule has 1 aliphatic rings. The fraction of sp³-hybridized carbons (Fsp3) is 0.200. The molecule has 0 spiro atoms. The molecule has 1 aliphatic heterocycles. The molecule has 15 heavy (non-hydrogen) atoms. The van der Waals surface area contributed by atoms with Crippen LogP contribution >= 0.6 is 11.8 Å². The number of Topliss-reactive ketones (excluding diaryl/α,β-unsaturated/α-hetero) is 1. The van der Waals surface area contributed by atoms with Crippen LogP contribution in [-0.2, 0) is 4.79 Å². The van der Waals surface area contributed by atoms with Gasteiger partial charge in [-0.1, -0.05) is 0 Å². The first kappa shape index (κ1) is 10.2. The van der Waals surface area contributed by atoms with Crippen LogP contribution in [0, 0.1) is 5.82 Å². The number of aliphatic carboxylic acids is 1. The van der Waals surface area contributed by atoms with E-state index in [4.69, 9.17) is 5.11 Å². The number of ketones is 1. The molecule has 1 heterocycles. The van der Waals surface area contributed by atoms with Crippen LogP contribution in [0.4, 0.5) is 4.39 Å². The van der Waals surface area contributed by atoms with Crippen molar-refractivity contribution in [2.45, 2.75) is 16.6 Å². The predicted octanol–water partition coefficient (Wildman–Crippen LogP) is 1.96. The molecule has 0 bridgehead atoms. The number of rotatable bonds is 1. The van der Waals surface area contributed by atoms with Crippen molar-refractivity contribution < 1.29 is 19.1 Å². The molecule has 0 radical (unpaired) electrons. The molecule has 0 saturated carbocycles. The number of benzene rings is 1. The van der Waals surface area contributed by atoms with Crippen molar-refractivity contribution in [1.82, 2.24) is 0 Å². The van der Waals surface area contributed by atoms with Crippen LogP contribution in [0.25, 0.3) is 0 Å². The van der Waals surface area contributed by atoms with Crippen LogP contribution in [0.2, 0.25) is 0 Å². The molecule has 1 aromatic carbocycles. The van der Waals surface area contributed by atoms with Gasteiger partial charge >= 0.3 is 5.97 Å². The van der Waals surface area contributed by atoms with Crippen molar-refractivity contribution in [2.75, 3.05) is 0 Å². The average Bonchev–Trinajstić information content (AvgIpc) is 2.16. The summed E-state index contributed by atoms with van der Waals surface area (Å²) in [6.45, 7) is 0. The topological polar surface area (TPSA) is 54.4 Å². The fourth-order valence-corrected chi connectivity index (χ4v) is 2.57. The van der Waals surface area contributed by atoms with Crippen LogP contribution in [0.15, 0.2) is 23.1 Å². The van der Waals surface area contributed by atoms with E-state index in [9.17, 15) is 14.0 Å². The van der Waals surface area contributed by atoms with E-state index < -0.39 is 17.0 Å². The highest BCUT2D eigenvalue weighted by Crippen LogP contribution is 2.35. The molecule has 0 amide bonds. The minimum absolute atomic E-state index is 0.0291. The first-order valence-corrected chi connectivity index (χ1v) is 5.18. The van der Waals surface area contributed by atoms with Crippen molar-refractivity contribution in [3.8, 4) is 0 Å². The number of hydrogen-bond donors (Lipinski definition) is 1. The van der Waals surface area contributed by atoms with Gasteiger partial charge in [0.15, 0.2) is 5.78 Å². The van der Waals surface area contributed by atoms with E-state index in [0.29, 0.717) is 10.5 Å². The second-order valence-corrected chi connectivity index (χ2v) is 4.46. The Labute approximate surface area is 89.3 Å². The summed E-state index contributed by atoms with van der Waals surface area (Å²) in [4.78, 5) is 22.7. The molecule has 0 aliphatic carbocycles. The molecular weight excluding hydrogens is 219 g/mol. The second kappa shape index (κ2) is 3.66. The maximum absolute atomic E-state index is 12.9. The number of thioether (sulfide) groups is 1. The standard InChI is InChI=1S/C10H7FO3S/c11-5-1-2-6-7(12)4-9(10(13)14)15-8(6)3-5/h1-3,9H,4H2,(H,13,14)/t9-/m0/s1. The minimum atomic E-state index is -1.04. The molecular formula is C10H7FO3S. The minimum Gasteiger partial charge on any atom is -0.480 e. The third-order valence-corrected chi connectivity index (χ3v) is 3.40. The summed E-state index contributed by atoms with van der Waals surface area (Å²) in [6.07, 6.45) is -0.0291. The van der Waals surface area contributed by atoms with E-state index in [1.54, 1.807) is 0 Å². The number of carboxylic acid groups (broad SMARTS) is 1. The lowest BCUT2D eigenvalue weighted by Crippen LogP contribution is -2.24. The van der Waals surface area contributed by atoms with Gasteiger partial charge in [0.1, 0.15) is 11.1 Å². The van der Waals surface area contributed by atoms with Crippen LogP contribution in [0.1, 0.15) is 16.8 Å². The van der Waals surface area contributed by atoms with Crippen LogP contribution < -0.4 is 0 Å². The van der Waals surface area contributed by atoms with Gasteiger partial charge in [-0.15, -0.1) is 11.8 Å². The average molecular weight is 226 g/mol. The summed E-state index contributed by atoms with van der Waals surface area (Å²) in [5, 5.41) is 7.98. The van der Waals surface area contributed by atoms with E-state index in [0.717, 1.165) is 11.8 Å². The molecule has 0 unspecified atom stereocenters. The lowest BCUT2D eigenvalue weighted by atomic mass is 10.1. The van der Waals surface area contributed by atoms with Crippen molar-refractivity contribution in [1.29, 1.82) is 0 Å². The zero-order valence-electron chi connectivity index (χ0n) is 7.57. The van der Waals surface area contributed by atoms with E-state index in [1.165, 1.54) is 18.2 Å². The lowest BCUT2D eigenvalue weighted by Gasteiger charge is -2.19. The summed E-state index contributed by atoms with van der Waals surface area (Å²) >= 11 is 1.02. The molecule has 1 aromatic rings. The summed E-state index contributed by atoms with van der Waals surface area (Å²) in [7, 11) is 0. The van der Waals surface area contributed by atoms with Gasteiger partial charge in [-0.3, -0.25) is 9.59 Å². The summed E-state index contributed by atoms with van der Waals surface area (Å²) in [5.41, 5.74) is 0.416. The Morgan fingerprint density at radius 3 is 2.93 bits per heavy atom. The number of fused-ring (bicyclic) bond motifs is 1. The van der Waals surface area contributed by atoms with E-state index in [1.807, 2.05) is 0 Å². The molecule has 1 atom stereocenters. The zero-order chi connectivity index (χ0) is 11.0. The molecule has 78 valence electrons. The fourth-order valence-electron chi connectivity index (χ4n) is 1.44. The van der Waals surface area contributed by atoms with E-state index in [2.05, 4.69) is 0 Å². The van der Waals surface area contributed by atoms with E-state index in [-0.39, 0.29) is 12.2 Å². The van der Waals surface area contributed by atoms with Gasteiger partial charge in [0.05, 0.1) is 0 Å². The van der Waals surface area contributed by atoms with Gasteiger partial charge in [0, 0.05) is 16.9 Å². The predicted molar refractivity (Wildman–Crippen MR) is 52.6 cm³/mol. The quantitative estimate of drug-likeness (QED) is 0.795. The van der Waals surface area contributed by atoms with Gasteiger partial charge in [-0.2, -0.15) is 0 Å². The third kappa shape index (κ3) is 1.87. The monoisotopic (exact) mass is 226 g/mol. The number of hydrogen-bond acceptors (Lipinski definition) is 3. The highest BCUT2D eigenvalue weighted by Gasteiger charge is 2.30. The van der Waals surface area contributed by atoms with Crippen molar-refractivity contribution in [3.63, 3.8) is 0 Å². The van der Waals surface area contributed by atoms with Gasteiger partial charge in [-0.05, 0) is 18.2 Å². The maximum Gasteiger partial charge on any atom is 0.317 e. The lowest BCUT2D eigenvalue weighted by molar-refractivity contribution is -0.136. The summed E-state index contributed by atoms with van der Waals surface area (Å²) in [6, 6.07) is 3.81. The van der Waals surface area contributed by atoms with Crippen LogP contribution in [-0.4, -0.2) is 22.1 Å². The molecule has 0 fully saturated rings. The second-order valence-electron chi connectivity index (χ2n) is 3.21. The molecule has 0 saturated heterocycles. The third-order valence-electron chi connectivity index (χ3n) is 2.16. The Kier molecular flexibility index (Phi) is 2.48. The van der Waals surface area contributed by atoms with Crippen molar-refractivity contribution >= 4 is 23.5 Å². The molecule has 5 heteroatoms. The zero-order valence-corrected chi connectivity index (χ0v) is 8.38. The largest absolute Gasteiger partial charge is 0.480 e. The van der Waals surface area contributed by atoms with Gasteiger partial charge in [0.2, 0.25) is 0 Å². The summed E-state index contributed by atoms with van der Waals surface area (Å²) in [5.74, 6) is -1.74. The van der Waals surface area contributed by atoms with Crippen molar-refractivity contribution in [3.05, 3.63) is 29.6 Å². The molecule has 3 nitrogen and oxygen atoms in total. The van der Waals surface area contributed by atoms with Crippen LogP contribution in [0.5, 0.6) is 0 Å². The van der Waals surface area contributed by atoms with E-state index >= 15 is 0 Å². The van der Waals surface area contributed by atoms with Gasteiger partial charge in [0.25, 0.3) is 0 Å². The highest BCUT2D eigenvalue weighted by molar-refractivity contribution is 8.00. The Bertz CT molecular complexity index is 444. The Balaban J connectivity index is 2.41. The number of halogens is 1. The number of carboxylic acids is 1. The highest BCUT2D eigenvalue weighted by atomic mass is 32.2. The molecule has 1 N–H and O–H groups in total. The number of carbonyl (C=O) groups is 2. The maximum atomic E-state index is 12.9.